The highest BCUT2D eigenvalue weighted by atomic mass is 16.7. The molecule has 3 rings (SSSR count). The fraction of sp³-hybridized carbons (Fsp3) is 0.769. The minimum atomic E-state index is -1.37. The highest BCUT2D eigenvalue weighted by Gasteiger charge is 2.50. The summed E-state index contributed by atoms with van der Waals surface area (Å²) in [4.78, 5) is 15.7. The molecule has 13 atom stereocenters. The highest BCUT2D eigenvalue weighted by Crippen LogP contribution is 2.40. The van der Waals surface area contributed by atoms with Gasteiger partial charge in [-0.25, -0.2) is 0 Å². The molecule has 2 aliphatic heterocycles. The third-order valence-corrected chi connectivity index (χ3v) is 11.1. The predicted octanol–water partition coefficient (Wildman–Crippen LogP) is 4.69. The molecule has 0 spiro atoms. The Kier molecular flexibility index (Phi) is 15.3. The minimum absolute atomic E-state index is 0.0235. The van der Waals surface area contributed by atoms with Crippen molar-refractivity contribution < 1.29 is 39.1 Å². The zero-order valence-electron chi connectivity index (χ0n) is 31.9. The van der Waals surface area contributed by atoms with Gasteiger partial charge in [-0.3, -0.25) is 4.79 Å². The van der Waals surface area contributed by atoms with E-state index in [1.807, 2.05) is 71.8 Å². The number of aliphatic hydroxyl groups is 3. The lowest BCUT2D eigenvalue weighted by atomic mass is 9.74. The zero-order chi connectivity index (χ0) is 36.7. The summed E-state index contributed by atoms with van der Waals surface area (Å²) in [7, 11) is 5.47. The third kappa shape index (κ3) is 10.3. The zero-order valence-corrected chi connectivity index (χ0v) is 31.9. The third-order valence-electron chi connectivity index (χ3n) is 11.1. The molecule has 2 aliphatic rings. The fourth-order valence-corrected chi connectivity index (χ4v) is 8.12. The van der Waals surface area contributed by atoms with Crippen LogP contribution in [-0.2, 0) is 30.3 Å². The average molecular weight is 691 g/mol. The fourth-order valence-electron chi connectivity index (χ4n) is 8.12. The molecular weight excluding hydrogens is 624 g/mol. The molecule has 1 aromatic rings. The van der Waals surface area contributed by atoms with Crippen LogP contribution in [0.3, 0.4) is 0 Å². The number of carbonyl (C=O) groups is 1. The van der Waals surface area contributed by atoms with Crippen LogP contribution in [0.15, 0.2) is 42.0 Å². The van der Waals surface area contributed by atoms with Crippen LogP contribution in [0.25, 0.3) is 0 Å². The lowest BCUT2D eigenvalue weighted by molar-refractivity contribution is -0.301. The number of aliphatic hydroxyl groups excluding tert-OH is 2. The maximum Gasteiger partial charge on any atom is 0.311 e. The van der Waals surface area contributed by atoms with E-state index in [1.165, 1.54) is 5.56 Å². The second-order valence-electron chi connectivity index (χ2n) is 15.4. The first-order chi connectivity index (χ1) is 23.0. The number of allylic oxidation sites excluding steroid dienone is 1. The molecule has 0 amide bonds. The number of nitrogens with zero attached hydrogens (tertiary/aromatic N) is 1. The standard InChI is InChI=1S/C39H66N2O8/c1-12-32-39(8,45)30(18-19-40-23-29-16-14-13-15-17-29)25(3)20-24(2)22-38(7,46-11)35(27(5)33(42)28(6)36(44)48-32)49-37-34(43)31(41(9)10)21-26(4)47-37/h13-17,20,24,26-28,30-35,37,40,42-43,45H,12,18-19,21-23H2,1-11H3/b25-20-/t24-,26+,27-,28+,30+,31-,32+,33+,34+,35+,37-,38+,39-/m0/s1. The normalized spacial score (nSPS) is 41.1. The molecule has 0 saturated carbocycles. The smallest absolute Gasteiger partial charge is 0.311 e. The molecule has 2 heterocycles. The Balaban J connectivity index is 2.01. The van der Waals surface area contributed by atoms with Gasteiger partial charge in [0.15, 0.2) is 6.29 Å². The number of nitrogens with one attached hydrogen (secondary N) is 1. The van der Waals surface area contributed by atoms with Gasteiger partial charge >= 0.3 is 5.97 Å². The first-order valence-corrected chi connectivity index (χ1v) is 18.2. The van der Waals surface area contributed by atoms with Gasteiger partial charge in [-0.05, 0) is 92.4 Å². The van der Waals surface area contributed by atoms with Crippen LogP contribution in [0.1, 0.15) is 86.6 Å². The molecule has 10 nitrogen and oxygen atoms in total. The molecule has 10 heteroatoms. The van der Waals surface area contributed by atoms with Crippen LogP contribution in [0, 0.1) is 23.7 Å². The molecule has 49 heavy (non-hydrogen) atoms. The first kappa shape index (κ1) is 41.5. The molecule has 1 saturated heterocycles. The molecule has 0 radical (unpaired) electrons. The van der Waals surface area contributed by atoms with Crippen LogP contribution in [-0.4, -0.2) is 108 Å². The van der Waals surface area contributed by atoms with E-state index in [1.54, 1.807) is 21.0 Å². The Hall–Kier alpha value is -1.89. The topological polar surface area (TPSA) is 130 Å². The van der Waals surface area contributed by atoms with Crippen LogP contribution in [0.4, 0.5) is 0 Å². The van der Waals surface area contributed by atoms with Crippen molar-refractivity contribution in [1.82, 2.24) is 10.2 Å². The molecule has 0 aromatic heterocycles. The Morgan fingerprint density at radius 3 is 2.31 bits per heavy atom. The average Bonchev–Trinajstić information content (AvgIpc) is 3.05. The van der Waals surface area contributed by atoms with Crippen molar-refractivity contribution in [2.45, 2.75) is 142 Å². The van der Waals surface area contributed by atoms with E-state index in [0.29, 0.717) is 38.8 Å². The van der Waals surface area contributed by atoms with Gasteiger partial charge in [0.1, 0.15) is 17.8 Å². The second-order valence-corrected chi connectivity index (χ2v) is 15.4. The van der Waals surface area contributed by atoms with Crippen molar-refractivity contribution in [2.24, 2.45) is 23.7 Å². The number of benzene rings is 1. The van der Waals surface area contributed by atoms with Gasteiger partial charge in [0.2, 0.25) is 0 Å². The SMILES string of the molecule is CC[C@H]1OC(=O)[C@H](C)[C@H](O)[C@H](C)[C@@H](O[C@@H]2O[C@H](C)C[C@H](N(C)C)[C@H]2O)[C@](C)(OC)C[C@@H](C)/C=C(/C)[C@@H](CCNCc2ccccc2)[C@]1(C)O. The molecule has 4 N–H and O–H groups in total. The molecule has 1 aromatic carbocycles. The predicted molar refractivity (Wildman–Crippen MR) is 192 cm³/mol. The van der Waals surface area contributed by atoms with Crippen molar-refractivity contribution in [2.75, 3.05) is 27.7 Å². The number of likely N-dealkylation sites (N-methyl/N-ethyl adjacent to an activating group) is 1. The van der Waals surface area contributed by atoms with E-state index in [0.717, 1.165) is 5.57 Å². The van der Waals surface area contributed by atoms with Crippen LogP contribution >= 0.6 is 0 Å². The highest BCUT2D eigenvalue weighted by molar-refractivity contribution is 5.73. The maximum absolute atomic E-state index is 13.7. The van der Waals surface area contributed by atoms with E-state index in [4.69, 9.17) is 18.9 Å². The Bertz CT molecular complexity index is 1190. The number of rotatable bonds is 10. The first-order valence-electron chi connectivity index (χ1n) is 18.2. The molecular formula is C39H66N2O8. The number of hydrogen-bond donors (Lipinski definition) is 4. The van der Waals surface area contributed by atoms with E-state index in [2.05, 4.69) is 30.4 Å². The molecule has 280 valence electrons. The van der Waals surface area contributed by atoms with Crippen molar-refractivity contribution >= 4 is 5.97 Å². The van der Waals surface area contributed by atoms with Crippen molar-refractivity contribution in [3.8, 4) is 0 Å². The summed E-state index contributed by atoms with van der Waals surface area (Å²) >= 11 is 0. The largest absolute Gasteiger partial charge is 0.459 e. The van der Waals surface area contributed by atoms with E-state index < -0.39 is 59.7 Å². The minimum Gasteiger partial charge on any atom is -0.459 e. The van der Waals surface area contributed by atoms with E-state index in [9.17, 15) is 20.1 Å². The number of cyclic esters (lactones) is 1. The van der Waals surface area contributed by atoms with E-state index in [-0.39, 0.29) is 24.0 Å². The lowest BCUT2D eigenvalue weighted by Gasteiger charge is -2.48. The van der Waals surface area contributed by atoms with Gasteiger partial charge in [-0.15, -0.1) is 0 Å². The summed E-state index contributed by atoms with van der Waals surface area (Å²) in [5, 5.41) is 38.8. The van der Waals surface area contributed by atoms with Gasteiger partial charge in [0.05, 0.1) is 29.8 Å². The summed E-state index contributed by atoms with van der Waals surface area (Å²) in [6.07, 6.45) is -0.447. The molecule has 0 aliphatic carbocycles. The van der Waals surface area contributed by atoms with Gasteiger partial charge in [-0.1, -0.05) is 62.8 Å². The van der Waals surface area contributed by atoms with Gasteiger partial charge < -0.3 is 44.5 Å². The Morgan fingerprint density at radius 1 is 1.06 bits per heavy atom. The quantitative estimate of drug-likeness (QED) is 0.156. The van der Waals surface area contributed by atoms with Crippen molar-refractivity contribution in [1.29, 1.82) is 0 Å². The summed E-state index contributed by atoms with van der Waals surface area (Å²) < 4.78 is 25.2. The molecule has 1 fully saturated rings. The number of hydrogen-bond acceptors (Lipinski definition) is 10. The number of ether oxygens (including phenoxy) is 4. The number of methoxy groups -OCH3 is 1. The van der Waals surface area contributed by atoms with Gasteiger partial charge in [0, 0.05) is 31.5 Å². The van der Waals surface area contributed by atoms with Crippen molar-refractivity contribution in [3.05, 3.63) is 47.5 Å². The summed E-state index contributed by atoms with van der Waals surface area (Å²) in [6, 6.07) is 9.99. The van der Waals surface area contributed by atoms with Gasteiger partial charge in [0.25, 0.3) is 0 Å². The maximum atomic E-state index is 13.7. The summed E-state index contributed by atoms with van der Waals surface area (Å²) in [5.41, 5.74) is -0.152. The van der Waals surface area contributed by atoms with Crippen LogP contribution < -0.4 is 5.32 Å². The summed E-state index contributed by atoms with van der Waals surface area (Å²) in [6.45, 7) is 16.5. The molecule has 0 bridgehead atoms. The van der Waals surface area contributed by atoms with E-state index >= 15 is 0 Å². The van der Waals surface area contributed by atoms with Gasteiger partial charge in [-0.2, -0.15) is 0 Å². The van der Waals surface area contributed by atoms with Crippen LogP contribution in [0.5, 0.6) is 0 Å². The Labute approximate surface area is 295 Å². The Morgan fingerprint density at radius 2 is 1.71 bits per heavy atom. The molecule has 0 unspecified atom stereocenters. The van der Waals surface area contributed by atoms with Crippen LogP contribution in [0.2, 0.25) is 0 Å². The number of esters is 1. The number of carbonyl (C=O) groups excluding carboxylic acids is 1. The second kappa shape index (κ2) is 18.0. The van der Waals surface area contributed by atoms with Crippen molar-refractivity contribution in [3.63, 3.8) is 0 Å². The summed E-state index contributed by atoms with van der Waals surface area (Å²) in [5.74, 6) is -2.49. The monoisotopic (exact) mass is 690 g/mol. The lowest BCUT2D eigenvalue weighted by Crippen LogP contribution is -2.59.